The van der Waals surface area contributed by atoms with Gasteiger partial charge in [0, 0.05) is 5.56 Å². The molecule has 0 radical (unpaired) electrons. The van der Waals surface area contributed by atoms with Gasteiger partial charge < -0.3 is 25.3 Å². The zero-order valence-corrected chi connectivity index (χ0v) is 6.78. The van der Waals surface area contributed by atoms with E-state index >= 15 is 0 Å². The van der Waals surface area contributed by atoms with E-state index in [2.05, 4.69) is 0 Å². The molecule has 0 atom stereocenters. The largest absolute Gasteiger partial charge is 0.631 e. The van der Waals surface area contributed by atoms with Crippen LogP contribution in [0.3, 0.4) is 0 Å². The first-order chi connectivity index (χ1) is 6.04. The first-order valence-corrected chi connectivity index (χ1v) is 3.49. The highest BCUT2D eigenvalue weighted by molar-refractivity contribution is 6.30. The molecule has 0 amide bonds. The highest BCUT2D eigenvalue weighted by atomic mass is 16.5. The van der Waals surface area contributed by atoms with Gasteiger partial charge in [-0.3, -0.25) is 0 Å². The van der Waals surface area contributed by atoms with E-state index in [-0.39, 0.29) is 0 Å². The second-order valence-electron chi connectivity index (χ2n) is 2.13. The molecule has 0 fully saturated rings. The van der Waals surface area contributed by atoms with Crippen LogP contribution in [0.2, 0.25) is 0 Å². The first kappa shape index (κ1) is 12.1. The van der Waals surface area contributed by atoms with Crippen molar-refractivity contribution in [2.45, 2.75) is 6.29 Å². The maximum atomic E-state index is 8.58. The smallest absolute Gasteiger partial charge is 0.402 e. The molecule has 0 bridgehead atoms. The molecule has 0 aromatic heterocycles. The maximum Gasteiger partial charge on any atom is 0.631 e. The number of rotatable bonds is 1. The van der Waals surface area contributed by atoms with Crippen LogP contribution in [0.25, 0.3) is 0 Å². The predicted molar refractivity (Wildman–Crippen MR) is 46.0 cm³/mol. The summed E-state index contributed by atoms with van der Waals surface area (Å²) in [5.41, 5.74) is 0.525. The van der Waals surface area contributed by atoms with E-state index in [0.29, 0.717) is 5.56 Å². The van der Waals surface area contributed by atoms with Crippen molar-refractivity contribution >= 4 is 7.32 Å². The van der Waals surface area contributed by atoms with Crippen molar-refractivity contribution in [2.24, 2.45) is 0 Å². The van der Waals surface area contributed by atoms with Crippen molar-refractivity contribution in [1.29, 1.82) is 0 Å². The molecule has 5 N–H and O–H groups in total. The lowest BCUT2D eigenvalue weighted by atomic mass is 10.2. The summed E-state index contributed by atoms with van der Waals surface area (Å²) in [5, 5.41) is 38.7. The Kier molecular flexibility index (Phi) is 6.12. The molecule has 0 unspecified atom stereocenters. The van der Waals surface area contributed by atoms with Gasteiger partial charge in [-0.25, -0.2) is 0 Å². The number of hydrogen-bond donors (Lipinski definition) is 5. The van der Waals surface area contributed by atoms with Gasteiger partial charge in [0.25, 0.3) is 0 Å². The minimum atomic E-state index is -2.17. The van der Waals surface area contributed by atoms with Crippen molar-refractivity contribution in [1.82, 2.24) is 0 Å². The molecule has 0 aliphatic rings. The van der Waals surface area contributed by atoms with Crippen molar-refractivity contribution in [3.05, 3.63) is 35.9 Å². The molecule has 6 heteroatoms. The van der Waals surface area contributed by atoms with Gasteiger partial charge >= 0.3 is 7.32 Å². The van der Waals surface area contributed by atoms with Gasteiger partial charge in [0.15, 0.2) is 6.29 Å². The molecule has 72 valence electrons. The van der Waals surface area contributed by atoms with Crippen LogP contribution in [0.1, 0.15) is 11.9 Å². The second kappa shape index (κ2) is 6.58. The molecule has 0 aliphatic carbocycles. The topological polar surface area (TPSA) is 101 Å². The fourth-order valence-corrected chi connectivity index (χ4v) is 0.625. The summed E-state index contributed by atoms with van der Waals surface area (Å²) >= 11 is 0. The maximum absolute atomic E-state index is 8.58. The van der Waals surface area contributed by atoms with Gasteiger partial charge in [0.1, 0.15) is 0 Å². The van der Waals surface area contributed by atoms with Crippen LogP contribution in [0.5, 0.6) is 0 Å². The third-order valence-electron chi connectivity index (χ3n) is 1.10. The average molecular weight is 186 g/mol. The SMILES string of the molecule is OB(O)O.OC(O)c1ccccc1. The van der Waals surface area contributed by atoms with Gasteiger partial charge in [0.2, 0.25) is 0 Å². The monoisotopic (exact) mass is 186 g/mol. The minimum Gasteiger partial charge on any atom is -0.402 e. The van der Waals surface area contributed by atoms with Crippen LogP contribution in [-0.4, -0.2) is 32.6 Å². The minimum absolute atomic E-state index is 0.525. The average Bonchev–Trinajstić information content (AvgIpc) is 2.05. The molecule has 0 saturated heterocycles. The van der Waals surface area contributed by atoms with E-state index in [9.17, 15) is 0 Å². The Hall–Kier alpha value is -0.915. The third-order valence-corrected chi connectivity index (χ3v) is 1.10. The second-order valence-corrected chi connectivity index (χ2v) is 2.13. The molecule has 0 aliphatic heterocycles. The standard InChI is InChI=1S/C7H8O2.BH3O3/c8-7(9)6-4-2-1-3-5-6;2-1(3)4/h1-5,7-9H;2-4H. The van der Waals surface area contributed by atoms with Crippen LogP contribution >= 0.6 is 0 Å². The molecule has 13 heavy (non-hydrogen) atoms. The molecular formula is C7H11BO5. The fourth-order valence-electron chi connectivity index (χ4n) is 0.625. The highest BCUT2D eigenvalue weighted by Gasteiger charge is 1.97. The fraction of sp³-hybridized carbons (Fsp3) is 0.143. The predicted octanol–water partition coefficient (Wildman–Crippen LogP) is -1.38. The van der Waals surface area contributed by atoms with Crippen LogP contribution in [0.15, 0.2) is 30.3 Å². The first-order valence-electron chi connectivity index (χ1n) is 3.49. The highest BCUT2D eigenvalue weighted by Crippen LogP contribution is 2.06. The van der Waals surface area contributed by atoms with E-state index < -0.39 is 13.6 Å². The van der Waals surface area contributed by atoms with Gasteiger partial charge in [-0.05, 0) is 0 Å². The zero-order chi connectivity index (χ0) is 10.3. The van der Waals surface area contributed by atoms with E-state index in [1.54, 1.807) is 24.3 Å². The lowest BCUT2D eigenvalue weighted by molar-refractivity contribution is -0.0424. The Bertz CT molecular complexity index is 211. The third kappa shape index (κ3) is 7.45. The van der Waals surface area contributed by atoms with Crippen molar-refractivity contribution < 1.29 is 25.3 Å². The summed E-state index contributed by atoms with van der Waals surface area (Å²) in [6.07, 6.45) is -1.34. The van der Waals surface area contributed by atoms with E-state index in [1.807, 2.05) is 6.07 Å². The van der Waals surface area contributed by atoms with Crippen molar-refractivity contribution in [2.75, 3.05) is 0 Å². The van der Waals surface area contributed by atoms with Crippen LogP contribution < -0.4 is 0 Å². The van der Waals surface area contributed by atoms with Crippen LogP contribution in [0, 0.1) is 0 Å². The Morgan fingerprint density at radius 2 is 1.31 bits per heavy atom. The van der Waals surface area contributed by atoms with Gasteiger partial charge in [-0.2, -0.15) is 0 Å². The summed E-state index contributed by atoms with van der Waals surface area (Å²) < 4.78 is 0. The summed E-state index contributed by atoms with van der Waals surface area (Å²) in [4.78, 5) is 0. The number of hydrogen-bond acceptors (Lipinski definition) is 5. The Morgan fingerprint density at radius 1 is 0.923 bits per heavy atom. The lowest BCUT2D eigenvalue weighted by Gasteiger charge is -1.99. The normalized spacial score (nSPS) is 9.08. The summed E-state index contributed by atoms with van der Waals surface area (Å²) in [6.45, 7) is 0. The zero-order valence-electron chi connectivity index (χ0n) is 6.78. The number of aliphatic hydroxyl groups excluding tert-OH is 1. The van der Waals surface area contributed by atoms with Crippen molar-refractivity contribution in [3.63, 3.8) is 0 Å². The number of aliphatic hydroxyl groups is 2. The Balaban J connectivity index is 0.000000310. The summed E-state index contributed by atoms with van der Waals surface area (Å²) in [7, 11) is -2.17. The molecule has 0 saturated carbocycles. The Labute approximate surface area is 75.7 Å². The molecule has 1 aromatic rings. The van der Waals surface area contributed by atoms with Gasteiger partial charge in [-0.1, -0.05) is 30.3 Å². The molecular weight excluding hydrogens is 175 g/mol. The van der Waals surface area contributed by atoms with Crippen LogP contribution in [0.4, 0.5) is 0 Å². The van der Waals surface area contributed by atoms with E-state index in [1.165, 1.54) is 0 Å². The van der Waals surface area contributed by atoms with Crippen LogP contribution in [-0.2, 0) is 0 Å². The van der Waals surface area contributed by atoms with E-state index in [0.717, 1.165) is 0 Å². The number of benzene rings is 1. The Morgan fingerprint density at radius 3 is 1.54 bits per heavy atom. The summed E-state index contributed by atoms with van der Waals surface area (Å²) in [6, 6.07) is 8.66. The van der Waals surface area contributed by atoms with Crippen molar-refractivity contribution in [3.8, 4) is 0 Å². The molecule has 1 rings (SSSR count). The summed E-state index contributed by atoms with van der Waals surface area (Å²) in [5.74, 6) is 0. The van der Waals surface area contributed by atoms with Gasteiger partial charge in [0.05, 0.1) is 0 Å². The van der Waals surface area contributed by atoms with Gasteiger partial charge in [-0.15, -0.1) is 0 Å². The quantitative estimate of drug-likeness (QED) is 0.275. The molecule has 1 aromatic carbocycles. The molecule has 0 heterocycles. The molecule has 5 nitrogen and oxygen atoms in total. The van der Waals surface area contributed by atoms with E-state index in [4.69, 9.17) is 25.3 Å². The lowest BCUT2D eigenvalue weighted by Crippen LogP contribution is -2.07. The molecule has 0 spiro atoms.